The molecular formula is C9H17NO3. The minimum absolute atomic E-state index is 0.0128. The number of hydrogen-bond acceptors (Lipinski definition) is 4. The molecule has 0 aromatic rings. The van der Waals surface area contributed by atoms with E-state index >= 15 is 0 Å². The number of hydrogen-bond donors (Lipinski definition) is 1. The zero-order valence-electron chi connectivity index (χ0n) is 7.99. The average molecular weight is 187 g/mol. The van der Waals surface area contributed by atoms with E-state index in [-0.39, 0.29) is 12.1 Å². The zero-order chi connectivity index (χ0) is 9.68. The number of rotatable bonds is 2. The highest BCUT2D eigenvalue weighted by Crippen LogP contribution is 2.20. The molecule has 0 spiro atoms. The molecule has 1 saturated carbocycles. The van der Waals surface area contributed by atoms with E-state index in [1.54, 1.807) is 6.92 Å². The molecule has 1 aliphatic rings. The van der Waals surface area contributed by atoms with E-state index in [0.29, 0.717) is 6.61 Å². The second-order valence-corrected chi connectivity index (χ2v) is 3.34. The van der Waals surface area contributed by atoms with Gasteiger partial charge < -0.3 is 15.2 Å². The lowest BCUT2D eigenvalue weighted by atomic mass is 9.94. The Morgan fingerprint density at radius 3 is 2.54 bits per heavy atom. The topological polar surface area (TPSA) is 61.5 Å². The van der Waals surface area contributed by atoms with Crippen LogP contribution in [0, 0.1) is 0 Å². The van der Waals surface area contributed by atoms with Gasteiger partial charge in [0.1, 0.15) is 6.10 Å². The molecule has 0 aromatic carbocycles. The van der Waals surface area contributed by atoms with Gasteiger partial charge >= 0.3 is 6.16 Å². The minimum atomic E-state index is -0.553. The molecule has 0 atom stereocenters. The van der Waals surface area contributed by atoms with Gasteiger partial charge in [0.2, 0.25) is 0 Å². The molecule has 0 bridgehead atoms. The summed E-state index contributed by atoms with van der Waals surface area (Å²) in [7, 11) is 0. The highest BCUT2D eigenvalue weighted by atomic mass is 16.7. The second kappa shape index (κ2) is 5.07. The van der Waals surface area contributed by atoms with Crippen molar-refractivity contribution in [2.75, 3.05) is 6.61 Å². The summed E-state index contributed by atoms with van der Waals surface area (Å²) in [6.45, 7) is 2.13. The number of nitrogens with two attached hydrogens (primary N) is 1. The maximum Gasteiger partial charge on any atom is 0.508 e. The van der Waals surface area contributed by atoms with Crippen LogP contribution in [0.4, 0.5) is 4.79 Å². The van der Waals surface area contributed by atoms with Crippen molar-refractivity contribution in [2.45, 2.75) is 44.8 Å². The quantitative estimate of drug-likeness (QED) is 0.664. The molecule has 1 aliphatic carbocycles. The van der Waals surface area contributed by atoms with E-state index in [9.17, 15) is 4.79 Å². The SMILES string of the molecule is CCOC(=O)OC1CCC(N)CC1. The van der Waals surface area contributed by atoms with Crippen molar-refractivity contribution in [1.82, 2.24) is 0 Å². The van der Waals surface area contributed by atoms with Gasteiger partial charge in [0.25, 0.3) is 0 Å². The Morgan fingerprint density at radius 1 is 1.38 bits per heavy atom. The Morgan fingerprint density at radius 2 is 2.00 bits per heavy atom. The predicted molar refractivity (Wildman–Crippen MR) is 48.3 cm³/mol. The fourth-order valence-corrected chi connectivity index (χ4v) is 1.49. The van der Waals surface area contributed by atoms with Gasteiger partial charge in [0.15, 0.2) is 0 Å². The van der Waals surface area contributed by atoms with Gasteiger partial charge in [0, 0.05) is 6.04 Å². The second-order valence-electron chi connectivity index (χ2n) is 3.34. The van der Waals surface area contributed by atoms with Crippen LogP contribution in [0.25, 0.3) is 0 Å². The lowest BCUT2D eigenvalue weighted by molar-refractivity contribution is 0.0120. The van der Waals surface area contributed by atoms with Crippen LogP contribution in [0.1, 0.15) is 32.6 Å². The van der Waals surface area contributed by atoms with Crippen LogP contribution in [-0.4, -0.2) is 24.9 Å². The van der Waals surface area contributed by atoms with Gasteiger partial charge in [-0.15, -0.1) is 0 Å². The first kappa shape index (κ1) is 10.3. The third kappa shape index (κ3) is 3.63. The van der Waals surface area contributed by atoms with Crippen molar-refractivity contribution in [3.8, 4) is 0 Å². The van der Waals surface area contributed by atoms with Crippen molar-refractivity contribution in [1.29, 1.82) is 0 Å². The van der Waals surface area contributed by atoms with Gasteiger partial charge in [-0.05, 0) is 32.6 Å². The number of ether oxygens (including phenoxy) is 2. The fourth-order valence-electron chi connectivity index (χ4n) is 1.49. The molecule has 0 saturated heterocycles. The summed E-state index contributed by atoms with van der Waals surface area (Å²) in [5.41, 5.74) is 5.71. The average Bonchev–Trinajstić information content (AvgIpc) is 2.09. The molecule has 0 radical (unpaired) electrons. The Bertz CT molecular complexity index is 164. The van der Waals surface area contributed by atoms with Gasteiger partial charge in [-0.3, -0.25) is 0 Å². The Labute approximate surface area is 78.4 Å². The molecule has 13 heavy (non-hydrogen) atoms. The maximum absolute atomic E-state index is 10.9. The van der Waals surface area contributed by atoms with Crippen LogP contribution in [0.15, 0.2) is 0 Å². The summed E-state index contributed by atoms with van der Waals surface area (Å²) >= 11 is 0. The highest BCUT2D eigenvalue weighted by Gasteiger charge is 2.21. The largest absolute Gasteiger partial charge is 0.508 e. The molecule has 76 valence electrons. The maximum atomic E-state index is 10.9. The minimum Gasteiger partial charge on any atom is -0.435 e. The molecule has 0 aliphatic heterocycles. The standard InChI is InChI=1S/C9H17NO3/c1-2-12-9(11)13-8-5-3-7(10)4-6-8/h7-8H,2-6,10H2,1H3. The van der Waals surface area contributed by atoms with Crippen LogP contribution in [0.3, 0.4) is 0 Å². The van der Waals surface area contributed by atoms with Crippen LogP contribution < -0.4 is 5.73 Å². The van der Waals surface area contributed by atoms with Gasteiger partial charge in [-0.1, -0.05) is 0 Å². The fraction of sp³-hybridized carbons (Fsp3) is 0.889. The number of carbonyl (C=O) groups excluding carboxylic acids is 1. The van der Waals surface area contributed by atoms with E-state index < -0.39 is 6.16 Å². The molecule has 1 rings (SSSR count). The molecular weight excluding hydrogens is 170 g/mol. The molecule has 2 N–H and O–H groups in total. The van der Waals surface area contributed by atoms with Crippen molar-refractivity contribution in [3.63, 3.8) is 0 Å². The summed E-state index contributed by atoms with van der Waals surface area (Å²) in [5.74, 6) is 0. The Balaban J connectivity index is 2.18. The molecule has 0 aromatic heterocycles. The summed E-state index contributed by atoms with van der Waals surface area (Å²) in [6, 6.07) is 0.280. The monoisotopic (exact) mass is 187 g/mol. The summed E-state index contributed by atoms with van der Waals surface area (Å²) in [6.07, 6.45) is 3.05. The van der Waals surface area contributed by atoms with E-state index in [4.69, 9.17) is 10.5 Å². The van der Waals surface area contributed by atoms with Gasteiger partial charge in [-0.25, -0.2) is 4.79 Å². The van der Waals surface area contributed by atoms with E-state index in [1.807, 2.05) is 0 Å². The third-order valence-corrected chi connectivity index (χ3v) is 2.24. The summed E-state index contributed by atoms with van der Waals surface area (Å²) in [4.78, 5) is 10.9. The van der Waals surface area contributed by atoms with Gasteiger partial charge in [-0.2, -0.15) is 0 Å². The molecule has 0 unspecified atom stereocenters. The number of carbonyl (C=O) groups is 1. The van der Waals surface area contributed by atoms with Crippen molar-refractivity contribution in [2.24, 2.45) is 5.73 Å². The Kier molecular flexibility index (Phi) is 4.02. The zero-order valence-corrected chi connectivity index (χ0v) is 7.99. The third-order valence-electron chi connectivity index (χ3n) is 2.24. The summed E-state index contributed by atoms with van der Waals surface area (Å²) < 4.78 is 9.74. The van der Waals surface area contributed by atoms with E-state index in [0.717, 1.165) is 25.7 Å². The highest BCUT2D eigenvalue weighted by molar-refractivity contribution is 5.60. The molecule has 4 heteroatoms. The molecule has 0 heterocycles. The predicted octanol–water partition coefficient (Wildman–Crippen LogP) is 1.43. The van der Waals surface area contributed by atoms with E-state index in [1.165, 1.54) is 0 Å². The smallest absolute Gasteiger partial charge is 0.435 e. The van der Waals surface area contributed by atoms with Crippen molar-refractivity contribution < 1.29 is 14.3 Å². The molecule has 4 nitrogen and oxygen atoms in total. The van der Waals surface area contributed by atoms with Crippen LogP contribution in [-0.2, 0) is 9.47 Å². The Hall–Kier alpha value is -0.770. The summed E-state index contributed by atoms with van der Waals surface area (Å²) in [5, 5.41) is 0. The molecule has 1 fully saturated rings. The normalized spacial score (nSPS) is 28.2. The van der Waals surface area contributed by atoms with Crippen LogP contribution in [0.2, 0.25) is 0 Å². The molecule has 0 amide bonds. The van der Waals surface area contributed by atoms with Crippen LogP contribution in [0.5, 0.6) is 0 Å². The lowest BCUT2D eigenvalue weighted by Gasteiger charge is -2.25. The first-order chi connectivity index (χ1) is 6.22. The van der Waals surface area contributed by atoms with Gasteiger partial charge in [0.05, 0.1) is 6.61 Å². The first-order valence-electron chi connectivity index (χ1n) is 4.81. The van der Waals surface area contributed by atoms with Crippen molar-refractivity contribution in [3.05, 3.63) is 0 Å². The lowest BCUT2D eigenvalue weighted by Crippen LogP contribution is -2.31. The first-order valence-corrected chi connectivity index (χ1v) is 4.81. The van der Waals surface area contributed by atoms with E-state index in [2.05, 4.69) is 4.74 Å². The van der Waals surface area contributed by atoms with Crippen LogP contribution >= 0.6 is 0 Å². The van der Waals surface area contributed by atoms with Crippen molar-refractivity contribution >= 4 is 6.16 Å².